The number of hydrogen-bond acceptors (Lipinski definition) is 6. The van der Waals surface area contributed by atoms with Gasteiger partial charge in [-0.05, 0) is 51.1 Å². The van der Waals surface area contributed by atoms with E-state index in [0.29, 0.717) is 45.8 Å². The van der Waals surface area contributed by atoms with Crippen molar-refractivity contribution in [2.24, 2.45) is 7.05 Å². The summed E-state index contributed by atoms with van der Waals surface area (Å²) >= 11 is 0. The zero-order valence-corrected chi connectivity index (χ0v) is 22.5. The van der Waals surface area contributed by atoms with Gasteiger partial charge in [0.2, 0.25) is 0 Å². The van der Waals surface area contributed by atoms with Crippen LogP contribution >= 0.6 is 0 Å². The molecule has 7 nitrogen and oxygen atoms in total. The number of hydrogen-bond donors (Lipinski definition) is 0. The van der Waals surface area contributed by atoms with Crippen molar-refractivity contribution in [1.29, 1.82) is 0 Å². The lowest BCUT2D eigenvalue weighted by Gasteiger charge is -2.38. The second kappa shape index (κ2) is 9.56. The van der Waals surface area contributed by atoms with Crippen molar-refractivity contribution >= 4 is 27.9 Å². The van der Waals surface area contributed by atoms with Gasteiger partial charge < -0.3 is 23.2 Å². The topological polar surface area (TPSA) is 79.9 Å². The average Bonchev–Trinajstić information content (AvgIpc) is 2.89. The first-order valence-electron chi connectivity index (χ1n) is 12.5. The molecular formula is C31H31NO6. The number of fused-ring (bicyclic) bond motifs is 4. The molecule has 38 heavy (non-hydrogen) atoms. The molecule has 0 saturated heterocycles. The Morgan fingerprint density at radius 2 is 1.79 bits per heavy atom. The molecule has 1 aliphatic heterocycles. The number of aromatic nitrogens is 1. The Kier molecular flexibility index (Phi) is 6.39. The van der Waals surface area contributed by atoms with Crippen LogP contribution in [0.15, 0.2) is 74.2 Å². The number of para-hydroxylation sites is 1. The van der Waals surface area contributed by atoms with Crippen LogP contribution in [-0.4, -0.2) is 24.4 Å². The zero-order chi connectivity index (χ0) is 27.2. The van der Waals surface area contributed by atoms with E-state index >= 15 is 0 Å². The van der Waals surface area contributed by atoms with Crippen LogP contribution in [0.5, 0.6) is 17.2 Å². The minimum Gasteiger partial charge on any atom is -0.496 e. The van der Waals surface area contributed by atoms with Gasteiger partial charge in [0.15, 0.2) is 5.58 Å². The first-order valence-corrected chi connectivity index (χ1v) is 12.5. The SMILES string of the molecule is COc1cc(OC)c2ccc(=O)oc2c1C=CC1(C)CC(C=C(C)C)c2c(c3ccccc3n(C)c2=O)O1. The van der Waals surface area contributed by atoms with Gasteiger partial charge >= 0.3 is 5.63 Å². The number of aryl methyl sites for hydroxylation is 1. The van der Waals surface area contributed by atoms with E-state index in [2.05, 4.69) is 6.08 Å². The predicted octanol–water partition coefficient (Wildman–Crippen LogP) is 5.97. The maximum Gasteiger partial charge on any atom is 0.336 e. The highest BCUT2D eigenvalue weighted by Gasteiger charge is 2.38. The molecule has 0 radical (unpaired) electrons. The lowest BCUT2D eigenvalue weighted by molar-refractivity contribution is 0.110. The Balaban J connectivity index is 1.71. The summed E-state index contributed by atoms with van der Waals surface area (Å²) in [6.07, 6.45) is 6.49. The van der Waals surface area contributed by atoms with Crippen molar-refractivity contribution in [3.05, 3.63) is 92.1 Å². The van der Waals surface area contributed by atoms with Crippen molar-refractivity contribution < 1.29 is 18.6 Å². The van der Waals surface area contributed by atoms with Crippen LogP contribution in [-0.2, 0) is 7.05 Å². The van der Waals surface area contributed by atoms with Gasteiger partial charge in [0.1, 0.15) is 22.8 Å². The molecule has 1 aliphatic rings. The standard InChI is InChI=1S/C31H31NO6/c1-18(2)15-19-17-31(3,38-29-20-9-7-8-10-23(20)32(4)30(34)27(19)29)14-13-22-25(36-6)16-24(35-5)21-11-12-26(33)37-28(21)22/h7-16,19H,17H2,1-6H3. The van der Waals surface area contributed by atoms with Gasteiger partial charge in [-0.3, -0.25) is 4.79 Å². The summed E-state index contributed by atoms with van der Waals surface area (Å²) in [5.74, 6) is 1.49. The molecule has 0 spiro atoms. The summed E-state index contributed by atoms with van der Waals surface area (Å²) < 4.78 is 25.1. The molecule has 2 aromatic carbocycles. The number of ether oxygens (including phenoxy) is 3. The number of allylic oxidation sites excluding steroid dienone is 2. The molecule has 0 saturated carbocycles. The fourth-order valence-electron chi connectivity index (χ4n) is 5.34. The summed E-state index contributed by atoms with van der Waals surface area (Å²) in [7, 11) is 4.91. The van der Waals surface area contributed by atoms with Gasteiger partial charge in [-0.2, -0.15) is 0 Å². The summed E-state index contributed by atoms with van der Waals surface area (Å²) in [6, 6.07) is 12.6. The molecule has 2 atom stereocenters. The largest absolute Gasteiger partial charge is 0.496 e. The monoisotopic (exact) mass is 513 g/mol. The van der Waals surface area contributed by atoms with Crippen LogP contribution in [0.1, 0.15) is 44.2 Å². The molecule has 0 bridgehead atoms. The van der Waals surface area contributed by atoms with Crippen LogP contribution in [0.3, 0.4) is 0 Å². The fraction of sp³-hybridized carbons (Fsp3) is 0.290. The highest BCUT2D eigenvalue weighted by atomic mass is 16.5. The fourth-order valence-corrected chi connectivity index (χ4v) is 5.34. The predicted molar refractivity (Wildman–Crippen MR) is 150 cm³/mol. The van der Waals surface area contributed by atoms with E-state index in [1.54, 1.807) is 38.0 Å². The van der Waals surface area contributed by atoms with Crippen LogP contribution in [0.25, 0.3) is 27.9 Å². The summed E-state index contributed by atoms with van der Waals surface area (Å²) in [5, 5.41) is 1.54. The number of pyridine rings is 1. The highest BCUT2D eigenvalue weighted by molar-refractivity contribution is 5.93. The molecule has 0 aliphatic carbocycles. The lowest BCUT2D eigenvalue weighted by atomic mass is 9.81. The van der Waals surface area contributed by atoms with E-state index in [1.807, 2.05) is 57.2 Å². The number of nitrogens with zero attached hydrogens (tertiary/aromatic N) is 1. The van der Waals surface area contributed by atoms with Gasteiger partial charge in [0.25, 0.3) is 5.56 Å². The molecule has 3 heterocycles. The molecule has 196 valence electrons. The van der Waals surface area contributed by atoms with Crippen molar-refractivity contribution in [3.8, 4) is 17.2 Å². The summed E-state index contributed by atoms with van der Waals surface area (Å²) in [5.41, 5.74) is 2.26. The first-order chi connectivity index (χ1) is 18.2. The summed E-state index contributed by atoms with van der Waals surface area (Å²) in [6.45, 7) is 6.06. The maximum atomic E-state index is 13.5. The van der Waals surface area contributed by atoms with Crippen molar-refractivity contribution in [2.45, 2.75) is 38.7 Å². The molecule has 0 fully saturated rings. The number of methoxy groups -OCH3 is 2. The van der Waals surface area contributed by atoms with Crippen LogP contribution in [0.4, 0.5) is 0 Å². The van der Waals surface area contributed by atoms with E-state index in [0.717, 1.165) is 16.5 Å². The smallest absolute Gasteiger partial charge is 0.336 e. The first kappa shape index (κ1) is 25.4. The third kappa shape index (κ3) is 4.28. The second-order valence-corrected chi connectivity index (χ2v) is 10.1. The van der Waals surface area contributed by atoms with E-state index < -0.39 is 11.2 Å². The number of rotatable bonds is 5. The van der Waals surface area contributed by atoms with Crippen LogP contribution < -0.4 is 25.4 Å². The minimum atomic E-state index is -0.773. The van der Waals surface area contributed by atoms with Gasteiger partial charge in [0, 0.05) is 36.9 Å². The van der Waals surface area contributed by atoms with Crippen molar-refractivity contribution in [1.82, 2.24) is 4.57 Å². The molecule has 5 rings (SSSR count). The Bertz CT molecular complexity index is 1740. The van der Waals surface area contributed by atoms with E-state index in [1.165, 1.54) is 6.07 Å². The summed E-state index contributed by atoms with van der Waals surface area (Å²) in [4.78, 5) is 25.6. The highest BCUT2D eigenvalue weighted by Crippen LogP contribution is 2.45. The molecular weight excluding hydrogens is 482 g/mol. The van der Waals surface area contributed by atoms with Gasteiger partial charge in [-0.1, -0.05) is 23.8 Å². The molecule has 2 aromatic heterocycles. The van der Waals surface area contributed by atoms with E-state index in [-0.39, 0.29) is 11.5 Å². The molecule has 2 unspecified atom stereocenters. The van der Waals surface area contributed by atoms with Gasteiger partial charge in [-0.25, -0.2) is 4.79 Å². The zero-order valence-electron chi connectivity index (χ0n) is 22.5. The van der Waals surface area contributed by atoms with Crippen LogP contribution in [0, 0.1) is 0 Å². The molecule has 4 aromatic rings. The van der Waals surface area contributed by atoms with Gasteiger partial charge in [-0.15, -0.1) is 0 Å². The van der Waals surface area contributed by atoms with E-state index in [9.17, 15) is 9.59 Å². The molecule has 0 amide bonds. The molecule has 7 heteroatoms. The Labute approximate surface area is 220 Å². The average molecular weight is 514 g/mol. The van der Waals surface area contributed by atoms with E-state index in [4.69, 9.17) is 18.6 Å². The number of benzene rings is 2. The quantitative estimate of drug-likeness (QED) is 0.242. The second-order valence-electron chi connectivity index (χ2n) is 10.1. The normalized spacial score (nSPS) is 18.8. The minimum absolute atomic E-state index is 0.0585. The Hall–Kier alpha value is -4.26. The third-order valence-electron chi connectivity index (χ3n) is 7.07. The maximum absolute atomic E-state index is 13.5. The Morgan fingerprint density at radius 3 is 2.50 bits per heavy atom. The van der Waals surface area contributed by atoms with Crippen molar-refractivity contribution in [3.63, 3.8) is 0 Å². The molecule has 0 N–H and O–H groups in total. The lowest BCUT2D eigenvalue weighted by Crippen LogP contribution is -2.39. The van der Waals surface area contributed by atoms with Crippen LogP contribution in [0.2, 0.25) is 0 Å². The Morgan fingerprint density at radius 1 is 1.05 bits per heavy atom. The van der Waals surface area contributed by atoms with Gasteiger partial charge in [0.05, 0.1) is 36.2 Å². The third-order valence-corrected chi connectivity index (χ3v) is 7.07. The van der Waals surface area contributed by atoms with Crippen molar-refractivity contribution in [2.75, 3.05) is 14.2 Å².